The minimum Gasteiger partial charge on any atom is -0.481 e. The molecule has 1 aliphatic rings. The molecule has 1 unspecified atom stereocenters. The number of hydrogen-bond acceptors (Lipinski definition) is 4. The van der Waals surface area contributed by atoms with E-state index in [0.29, 0.717) is 18.7 Å². The molecule has 0 spiro atoms. The lowest BCUT2D eigenvalue weighted by Crippen LogP contribution is -2.37. The highest BCUT2D eigenvalue weighted by molar-refractivity contribution is 7.89. The van der Waals surface area contributed by atoms with E-state index in [9.17, 15) is 23.1 Å². The molecule has 2 N–H and O–H groups in total. The molecule has 132 valence electrons. The number of anilines is 1. The second kappa shape index (κ2) is 6.40. The van der Waals surface area contributed by atoms with Crippen LogP contribution in [0.25, 0.3) is 0 Å². The monoisotopic (exact) mass is 355 g/mol. The third kappa shape index (κ3) is 3.51. The summed E-state index contributed by atoms with van der Waals surface area (Å²) in [6.07, 6.45) is 0.380. The van der Waals surface area contributed by atoms with Crippen LogP contribution in [0.3, 0.4) is 0 Å². The van der Waals surface area contributed by atoms with Crippen LogP contribution in [-0.4, -0.2) is 61.9 Å². The zero-order valence-corrected chi connectivity index (χ0v) is 14.6. The molecule has 0 saturated carbocycles. The maximum absolute atomic E-state index is 12.3. The summed E-state index contributed by atoms with van der Waals surface area (Å²) >= 11 is 0. The number of nitrogens with zero attached hydrogens (tertiary/aromatic N) is 2. The van der Waals surface area contributed by atoms with Crippen molar-refractivity contribution in [2.75, 3.05) is 32.5 Å². The van der Waals surface area contributed by atoms with E-state index in [-0.39, 0.29) is 11.4 Å². The number of carbonyl (C=O) groups is 2. The number of nitrogens with one attached hydrogen (secondary N) is 1. The number of rotatable bonds is 4. The fraction of sp³-hybridized carbons (Fsp3) is 0.467. The van der Waals surface area contributed by atoms with Crippen LogP contribution in [0, 0.1) is 5.41 Å². The normalized spacial score (nSPS) is 21.1. The maximum Gasteiger partial charge on any atom is 0.321 e. The molecule has 0 bridgehead atoms. The Morgan fingerprint density at radius 3 is 2.54 bits per heavy atom. The number of likely N-dealkylation sites (tertiary alicyclic amines) is 1. The maximum atomic E-state index is 12.3. The summed E-state index contributed by atoms with van der Waals surface area (Å²) in [7, 11) is -0.737. The van der Waals surface area contributed by atoms with E-state index >= 15 is 0 Å². The summed E-state index contributed by atoms with van der Waals surface area (Å²) in [5.41, 5.74) is -0.611. The van der Waals surface area contributed by atoms with E-state index in [1.807, 2.05) is 0 Å². The Balaban J connectivity index is 2.13. The van der Waals surface area contributed by atoms with E-state index in [1.165, 1.54) is 37.2 Å². The van der Waals surface area contributed by atoms with Crippen LogP contribution in [0.1, 0.15) is 13.3 Å². The van der Waals surface area contributed by atoms with Gasteiger partial charge in [0.25, 0.3) is 0 Å². The minimum atomic E-state index is -3.59. The molecule has 1 aliphatic heterocycles. The minimum absolute atomic E-state index is 0.0714. The van der Waals surface area contributed by atoms with Crippen molar-refractivity contribution >= 4 is 27.7 Å². The molecule has 1 atom stereocenters. The van der Waals surface area contributed by atoms with Crippen molar-refractivity contribution in [1.82, 2.24) is 9.21 Å². The van der Waals surface area contributed by atoms with Gasteiger partial charge in [0.1, 0.15) is 0 Å². The first-order chi connectivity index (χ1) is 11.1. The molecular formula is C15H21N3O5S. The molecule has 1 fully saturated rings. The van der Waals surface area contributed by atoms with Gasteiger partial charge >= 0.3 is 12.0 Å². The van der Waals surface area contributed by atoms with Crippen LogP contribution in [0.5, 0.6) is 0 Å². The number of carboxylic acids is 1. The fourth-order valence-electron chi connectivity index (χ4n) is 2.46. The van der Waals surface area contributed by atoms with Crippen molar-refractivity contribution in [2.24, 2.45) is 5.41 Å². The molecule has 1 aromatic rings. The number of benzene rings is 1. The van der Waals surface area contributed by atoms with Crippen LogP contribution in [-0.2, 0) is 14.8 Å². The first kappa shape index (κ1) is 18.2. The van der Waals surface area contributed by atoms with Gasteiger partial charge in [0, 0.05) is 32.9 Å². The quantitative estimate of drug-likeness (QED) is 0.846. The highest BCUT2D eigenvalue weighted by Crippen LogP contribution is 2.30. The average Bonchev–Trinajstić information content (AvgIpc) is 2.91. The second-order valence-corrected chi connectivity index (χ2v) is 8.43. The number of carboxylic acid groups (broad SMARTS) is 1. The Kier molecular flexibility index (Phi) is 4.86. The Morgan fingerprint density at radius 1 is 1.33 bits per heavy atom. The lowest BCUT2D eigenvalue weighted by Gasteiger charge is -2.20. The third-order valence-corrected chi connectivity index (χ3v) is 5.95. The van der Waals surface area contributed by atoms with Gasteiger partial charge in [0.15, 0.2) is 0 Å². The number of hydrogen-bond donors (Lipinski definition) is 2. The van der Waals surface area contributed by atoms with Gasteiger partial charge in [-0.2, -0.15) is 0 Å². The van der Waals surface area contributed by atoms with Crippen molar-refractivity contribution in [1.29, 1.82) is 0 Å². The summed E-state index contributed by atoms with van der Waals surface area (Å²) < 4.78 is 25.3. The molecule has 1 saturated heterocycles. The molecule has 0 aromatic heterocycles. The van der Waals surface area contributed by atoms with Gasteiger partial charge in [-0.3, -0.25) is 4.79 Å². The van der Waals surface area contributed by atoms with Crippen LogP contribution in [0.15, 0.2) is 29.2 Å². The second-order valence-electron chi connectivity index (χ2n) is 6.28. The van der Waals surface area contributed by atoms with Crippen molar-refractivity contribution < 1.29 is 23.1 Å². The number of aliphatic carboxylic acids is 1. The zero-order chi connectivity index (χ0) is 18.1. The van der Waals surface area contributed by atoms with Gasteiger partial charge < -0.3 is 15.3 Å². The SMILES string of the molecule is CN(C)S(=O)(=O)c1cccc(NC(=O)N2CCC(C)(C(=O)O)C2)c1. The number of carbonyl (C=O) groups excluding carboxylic acids is 1. The van der Waals surface area contributed by atoms with Crippen molar-refractivity contribution in [3.05, 3.63) is 24.3 Å². The van der Waals surface area contributed by atoms with Crippen LogP contribution >= 0.6 is 0 Å². The Hall–Kier alpha value is -2.13. The van der Waals surface area contributed by atoms with Crippen molar-refractivity contribution in [3.63, 3.8) is 0 Å². The predicted molar refractivity (Wildman–Crippen MR) is 88.3 cm³/mol. The van der Waals surface area contributed by atoms with Gasteiger partial charge in [-0.15, -0.1) is 0 Å². The van der Waals surface area contributed by atoms with E-state index in [2.05, 4.69) is 5.32 Å². The molecule has 0 aliphatic carbocycles. The molecule has 24 heavy (non-hydrogen) atoms. The third-order valence-electron chi connectivity index (χ3n) is 4.14. The van der Waals surface area contributed by atoms with Crippen molar-refractivity contribution in [3.8, 4) is 0 Å². The summed E-state index contributed by atoms with van der Waals surface area (Å²) in [6.45, 7) is 2.06. The number of sulfonamides is 1. The van der Waals surface area contributed by atoms with Gasteiger partial charge in [0.2, 0.25) is 10.0 Å². The van der Waals surface area contributed by atoms with Crippen molar-refractivity contribution in [2.45, 2.75) is 18.2 Å². The largest absolute Gasteiger partial charge is 0.481 e. The van der Waals surface area contributed by atoms with E-state index in [0.717, 1.165) is 4.31 Å². The van der Waals surface area contributed by atoms with Gasteiger partial charge in [0.05, 0.1) is 10.3 Å². The first-order valence-electron chi connectivity index (χ1n) is 7.38. The van der Waals surface area contributed by atoms with Gasteiger partial charge in [-0.1, -0.05) is 6.07 Å². The molecular weight excluding hydrogens is 334 g/mol. The molecule has 9 heteroatoms. The van der Waals surface area contributed by atoms with Gasteiger partial charge in [-0.05, 0) is 31.5 Å². The summed E-state index contributed by atoms with van der Waals surface area (Å²) in [5.74, 6) is -0.933. The first-order valence-corrected chi connectivity index (χ1v) is 8.82. The summed E-state index contributed by atoms with van der Waals surface area (Å²) in [6, 6.07) is 5.50. The highest BCUT2D eigenvalue weighted by atomic mass is 32.2. The van der Waals surface area contributed by atoms with Gasteiger partial charge in [-0.25, -0.2) is 17.5 Å². The Morgan fingerprint density at radius 2 is 2.00 bits per heavy atom. The van der Waals surface area contributed by atoms with E-state index in [1.54, 1.807) is 13.0 Å². The summed E-state index contributed by atoms with van der Waals surface area (Å²) in [5, 5.41) is 11.8. The highest BCUT2D eigenvalue weighted by Gasteiger charge is 2.42. The fourth-order valence-corrected chi connectivity index (χ4v) is 3.40. The lowest BCUT2D eigenvalue weighted by atomic mass is 9.90. The molecule has 2 rings (SSSR count). The van der Waals surface area contributed by atoms with Crippen LogP contribution < -0.4 is 5.32 Å². The molecule has 1 heterocycles. The molecule has 8 nitrogen and oxygen atoms in total. The molecule has 1 aromatic carbocycles. The van der Waals surface area contributed by atoms with Crippen LogP contribution in [0.4, 0.5) is 10.5 Å². The summed E-state index contributed by atoms with van der Waals surface area (Å²) in [4.78, 5) is 25.0. The molecule has 2 amide bonds. The lowest BCUT2D eigenvalue weighted by molar-refractivity contribution is -0.146. The Bertz CT molecular complexity index is 762. The Labute approximate surface area is 141 Å². The predicted octanol–water partition coefficient (Wildman–Crippen LogP) is 1.27. The van der Waals surface area contributed by atoms with Crippen LogP contribution in [0.2, 0.25) is 0 Å². The standard InChI is InChI=1S/C15H21N3O5S/c1-15(13(19)20)7-8-18(10-15)14(21)16-11-5-4-6-12(9-11)24(22,23)17(2)3/h4-6,9H,7-8,10H2,1-3H3,(H,16,21)(H,19,20). The number of urea groups is 1. The topological polar surface area (TPSA) is 107 Å². The van der Waals surface area contributed by atoms with E-state index in [4.69, 9.17) is 0 Å². The molecule has 0 radical (unpaired) electrons. The smallest absolute Gasteiger partial charge is 0.321 e. The average molecular weight is 355 g/mol. The van der Waals surface area contributed by atoms with E-state index < -0.39 is 27.4 Å². The zero-order valence-electron chi connectivity index (χ0n) is 13.8. The number of amides is 2.